The topological polar surface area (TPSA) is 166 Å². The molecule has 7 atom stereocenters. The molecule has 144 valence electrons. The Hall–Kier alpha value is -0.170. The van der Waals surface area contributed by atoms with Gasteiger partial charge in [0.05, 0.1) is 34.4 Å². The maximum atomic E-state index is 11.9. The third-order valence-electron chi connectivity index (χ3n) is 3.27. The first-order valence-corrected chi connectivity index (χ1v) is 8.80. The Bertz CT molecular complexity index is 442. The van der Waals surface area contributed by atoms with Crippen LogP contribution in [-0.2, 0) is 18.3 Å². The third kappa shape index (κ3) is 6.62. The van der Waals surface area contributed by atoms with E-state index >= 15 is 0 Å². The number of aliphatic hydroxyl groups excluding tert-OH is 5. The van der Waals surface area contributed by atoms with Gasteiger partial charge in [0.25, 0.3) is 0 Å². The van der Waals surface area contributed by atoms with Crippen LogP contribution in [0.4, 0.5) is 0 Å². The van der Waals surface area contributed by atoms with Crippen LogP contribution in [0.1, 0.15) is 0 Å². The van der Waals surface area contributed by atoms with Crippen molar-refractivity contribution in [2.75, 3.05) is 40.9 Å². The summed E-state index contributed by atoms with van der Waals surface area (Å²) in [6.07, 6.45) is -9.31. The Kier molecular flexibility index (Phi) is 7.72. The van der Waals surface area contributed by atoms with E-state index in [4.69, 9.17) is 9.84 Å². The maximum Gasteiger partial charge on any atom is 0.474 e. The first kappa shape index (κ1) is 21.9. The number of ether oxygens (including phenoxy) is 1. The van der Waals surface area contributed by atoms with Crippen LogP contribution in [0.25, 0.3) is 0 Å². The molecule has 0 aromatic rings. The van der Waals surface area contributed by atoms with E-state index < -0.39 is 57.8 Å². The molecule has 1 aliphatic rings. The number of phosphoric ester groups is 1. The molecule has 12 heteroatoms. The van der Waals surface area contributed by atoms with Gasteiger partial charge in [0.2, 0.25) is 0 Å². The molecule has 0 aliphatic carbocycles. The summed E-state index contributed by atoms with van der Waals surface area (Å²) < 4.78 is 26.5. The Morgan fingerprint density at radius 2 is 1.75 bits per heavy atom. The maximum absolute atomic E-state index is 11.9. The molecule has 1 saturated heterocycles. The Morgan fingerprint density at radius 3 is 2.25 bits per heavy atom. The van der Waals surface area contributed by atoms with Crippen molar-refractivity contribution in [2.45, 2.75) is 36.8 Å². The molecule has 1 aliphatic heterocycles. The van der Waals surface area contributed by atoms with Gasteiger partial charge in [0, 0.05) is 0 Å². The van der Waals surface area contributed by atoms with Crippen molar-refractivity contribution in [1.82, 2.24) is 0 Å². The van der Waals surface area contributed by atoms with Gasteiger partial charge in [0.1, 0.15) is 37.1 Å². The molecular weight excluding hydrogens is 349 g/mol. The van der Waals surface area contributed by atoms with Gasteiger partial charge in [-0.05, 0) is 0 Å². The molecule has 0 amide bonds. The monoisotopic (exact) mass is 376 g/mol. The Balaban J connectivity index is 2.60. The second kappa shape index (κ2) is 8.47. The highest BCUT2D eigenvalue weighted by Gasteiger charge is 2.46. The molecule has 0 saturated carbocycles. The summed E-state index contributed by atoms with van der Waals surface area (Å²) in [7, 11) is 0.708. The van der Waals surface area contributed by atoms with Gasteiger partial charge in [0.15, 0.2) is 6.29 Å². The molecule has 11 nitrogen and oxygen atoms in total. The quantitative estimate of drug-likeness (QED) is 0.190. The highest BCUT2D eigenvalue weighted by atomic mass is 31.2. The van der Waals surface area contributed by atoms with E-state index in [2.05, 4.69) is 9.05 Å². The van der Waals surface area contributed by atoms with Gasteiger partial charge in [-0.2, -0.15) is 0 Å². The minimum Gasteiger partial charge on any atom is -0.394 e. The van der Waals surface area contributed by atoms with Gasteiger partial charge in [-0.25, -0.2) is 4.57 Å². The second-order valence-corrected chi connectivity index (χ2v) is 8.10. The van der Waals surface area contributed by atoms with Crippen molar-refractivity contribution in [3.63, 3.8) is 0 Å². The van der Waals surface area contributed by atoms with Gasteiger partial charge in [-0.15, -0.1) is 0 Å². The van der Waals surface area contributed by atoms with Gasteiger partial charge in [-0.1, -0.05) is 0 Å². The number of quaternary nitrogens is 1. The zero-order chi connectivity index (χ0) is 18.7. The van der Waals surface area contributed by atoms with Crippen molar-refractivity contribution in [3.8, 4) is 0 Å². The van der Waals surface area contributed by atoms with Gasteiger partial charge in [-0.3, -0.25) is 9.05 Å². The smallest absolute Gasteiger partial charge is 0.394 e. The van der Waals surface area contributed by atoms with Crippen LogP contribution < -0.4 is 0 Å². The van der Waals surface area contributed by atoms with Crippen molar-refractivity contribution in [2.24, 2.45) is 0 Å². The fourth-order valence-corrected chi connectivity index (χ4v) is 3.04. The summed E-state index contributed by atoms with van der Waals surface area (Å²) in [5.74, 6) is 0. The summed E-state index contributed by atoms with van der Waals surface area (Å²) in [4.78, 5) is 9.64. The summed E-state index contributed by atoms with van der Waals surface area (Å²) in [6.45, 7) is -0.954. The van der Waals surface area contributed by atoms with E-state index in [1.165, 1.54) is 0 Å². The molecule has 24 heavy (non-hydrogen) atoms. The lowest BCUT2D eigenvalue weighted by molar-refractivity contribution is -0.873. The van der Waals surface area contributed by atoms with E-state index in [1.54, 1.807) is 0 Å². The van der Waals surface area contributed by atoms with Crippen LogP contribution in [0.3, 0.4) is 0 Å². The third-order valence-corrected chi connectivity index (χ3v) is 4.22. The van der Waals surface area contributed by atoms with Crippen molar-refractivity contribution >= 4 is 7.82 Å². The normalized spacial score (nSPS) is 35.5. The van der Waals surface area contributed by atoms with Crippen LogP contribution in [0, 0.1) is 0 Å². The first-order chi connectivity index (χ1) is 10.9. The number of rotatable bonds is 8. The lowest BCUT2D eigenvalue weighted by atomic mass is 10.00. The molecule has 1 rings (SSSR count). The number of hydrogen-bond donors (Lipinski definition) is 6. The molecule has 0 spiro atoms. The molecule has 0 radical (unpaired) electrons. The average molecular weight is 376 g/mol. The number of hydrogen-bond acceptors (Lipinski definition) is 9. The fraction of sp³-hybridized carbons (Fsp3) is 1.00. The Labute approximate surface area is 139 Å². The van der Waals surface area contributed by atoms with E-state index in [0.717, 1.165) is 0 Å². The summed E-state index contributed by atoms with van der Waals surface area (Å²) >= 11 is 0. The van der Waals surface area contributed by atoms with Crippen LogP contribution in [0.15, 0.2) is 0 Å². The van der Waals surface area contributed by atoms with Crippen LogP contribution >= 0.6 is 7.82 Å². The second-order valence-electron chi connectivity index (χ2n) is 6.69. The Morgan fingerprint density at radius 1 is 1.17 bits per heavy atom. The lowest BCUT2D eigenvalue weighted by Crippen LogP contribution is -2.58. The highest BCUT2D eigenvalue weighted by Crippen LogP contribution is 2.46. The number of aliphatic hydroxyl groups is 5. The van der Waals surface area contributed by atoms with Crippen LogP contribution in [0.2, 0.25) is 0 Å². The largest absolute Gasteiger partial charge is 0.474 e. The molecule has 6 N–H and O–H groups in total. The van der Waals surface area contributed by atoms with E-state index in [-0.39, 0.29) is 6.54 Å². The van der Waals surface area contributed by atoms with E-state index in [1.807, 2.05) is 21.1 Å². The zero-order valence-electron chi connectivity index (χ0n) is 13.8. The average Bonchev–Trinajstić information content (AvgIpc) is 2.44. The number of phosphoric acid groups is 1. The standard InChI is InChI=1S/C12H26NO10P/c1-13(2,3)4-7(15)6-21-24(19,20)23-12-11(18)10(17)9(16)8(5-14)22-12/h7-12,14-18H,4-6H2,1-3H3/p+1/t7?,8-,9-,10+,11-,12-/m1/s1. The fourth-order valence-electron chi connectivity index (χ4n) is 2.18. The van der Waals surface area contributed by atoms with E-state index in [0.29, 0.717) is 4.48 Å². The predicted octanol–water partition coefficient (Wildman–Crippen LogP) is -3.01. The molecule has 1 heterocycles. The zero-order valence-corrected chi connectivity index (χ0v) is 14.7. The molecule has 2 unspecified atom stereocenters. The minimum atomic E-state index is -4.73. The lowest BCUT2D eigenvalue weighted by Gasteiger charge is -2.39. The van der Waals surface area contributed by atoms with Gasteiger partial charge >= 0.3 is 7.82 Å². The molecule has 1 fully saturated rings. The number of nitrogens with zero attached hydrogens (tertiary/aromatic N) is 1. The number of likely N-dealkylation sites (N-methyl/N-ethyl adjacent to an activating group) is 1. The highest BCUT2D eigenvalue weighted by molar-refractivity contribution is 7.47. The molecule has 0 aromatic heterocycles. The minimum absolute atomic E-state index is 0.250. The SMILES string of the molecule is C[N+](C)(C)CC(O)COP(=O)(O)O[C@H]1O[C@H](CO)[C@@H](O)[C@H](O)[C@H]1O. The summed E-state index contributed by atoms with van der Waals surface area (Å²) in [5, 5.41) is 47.7. The summed E-state index contributed by atoms with van der Waals surface area (Å²) in [5.41, 5.74) is 0. The van der Waals surface area contributed by atoms with Crippen molar-refractivity contribution < 1.29 is 53.3 Å². The summed E-state index contributed by atoms with van der Waals surface area (Å²) in [6, 6.07) is 0. The van der Waals surface area contributed by atoms with Crippen LogP contribution in [-0.4, -0.2) is 113 Å². The molecule has 0 bridgehead atoms. The van der Waals surface area contributed by atoms with Gasteiger partial charge < -0.3 is 39.6 Å². The van der Waals surface area contributed by atoms with Crippen molar-refractivity contribution in [3.05, 3.63) is 0 Å². The first-order valence-electron chi connectivity index (χ1n) is 7.31. The molecule has 0 aromatic carbocycles. The van der Waals surface area contributed by atoms with Crippen LogP contribution in [0.5, 0.6) is 0 Å². The predicted molar refractivity (Wildman–Crippen MR) is 79.5 cm³/mol. The van der Waals surface area contributed by atoms with E-state index in [9.17, 15) is 29.9 Å². The van der Waals surface area contributed by atoms with Crippen molar-refractivity contribution in [1.29, 1.82) is 0 Å². The molecular formula is C12H27NO10P+.